The molecule has 0 bridgehead atoms. The van der Waals surface area contributed by atoms with Crippen molar-refractivity contribution in [1.82, 2.24) is 9.88 Å². The molecule has 1 aliphatic heterocycles. The molecular weight excluding hydrogens is 514 g/mol. The number of rotatable bonds is 9. The van der Waals surface area contributed by atoms with Crippen molar-refractivity contribution in [3.05, 3.63) is 69.9 Å². The van der Waals surface area contributed by atoms with Crippen LogP contribution in [0.15, 0.2) is 47.4 Å². The Labute approximate surface area is 223 Å². The first-order chi connectivity index (χ1) is 17.7. The minimum atomic E-state index is -3.94. The van der Waals surface area contributed by atoms with E-state index in [-0.39, 0.29) is 17.4 Å². The fraction of sp³-hybridized carbons (Fsp3) is 0.370. The zero-order valence-corrected chi connectivity index (χ0v) is 23.1. The number of sulfonamides is 1. The maximum atomic E-state index is 13.4. The molecule has 2 heterocycles. The van der Waals surface area contributed by atoms with Gasteiger partial charge in [-0.2, -0.15) is 0 Å². The van der Waals surface area contributed by atoms with Gasteiger partial charge in [0.2, 0.25) is 5.88 Å². The van der Waals surface area contributed by atoms with Crippen LogP contribution in [-0.2, 0) is 29.5 Å². The molecule has 198 valence electrons. The lowest BCUT2D eigenvalue weighted by Gasteiger charge is -2.17. The van der Waals surface area contributed by atoms with Crippen molar-refractivity contribution in [1.29, 1.82) is 0 Å². The summed E-state index contributed by atoms with van der Waals surface area (Å²) in [6.07, 6.45) is 1.54. The number of ether oxygens (including phenoxy) is 3. The number of nitrogens with one attached hydrogen (secondary N) is 1. The number of methoxy groups -OCH3 is 2. The molecule has 0 radical (unpaired) electrons. The summed E-state index contributed by atoms with van der Waals surface area (Å²) in [5.41, 5.74) is 3.52. The van der Waals surface area contributed by atoms with Gasteiger partial charge in [0.25, 0.3) is 10.0 Å². The molecule has 1 N–H and O–H groups in total. The Bertz CT molecular complexity index is 1380. The average Bonchev–Trinajstić information content (AvgIpc) is 3.10. The molecule has 0 spiro atoms. The van der Waals surface area contributed by atoms with E-state index in [1.54, 1.807) is 39.3 Å². The van der Waals surface area contributed by atoms with E-state index in [1.165, 1.54) is 6.07 Å². The van der Waals surface area contributed by atoms with Crippen molar-refractivity contribution in [3.8, 4) is 17.4 Å². The van der Waals surface area contributed by atoms with E-state index in [0.717, 1.165) is 49.3 Å². The Morgan fingerprint density at radius 1 is 1.05 bits per heavy atom. The molecule has 1 aliphatic rings. The highest BCUT2D eigenvalue weighted by atomic mass is 35.5. The summed E-state index contributed by atoms with van der Waals surface area (Å²) < 4.78 is 46.3. The lowest BCUT2D eigenvalue weighted by atomic mass is 10.1. The van der Waals surface area contributed by atoms with Gasteiger partial charge >= 0.3 is 0 Å². The Morgan fingerprint density at radius 2 is 1.81 bits per heavy atom. The fourth-order valence-corrected chi connectivity index (χ4v) is 5.91. The number of likely N-dealkylation sites (N-methyl/N-ethyl adjacent to an activating group) is 1. The predicted molar refractivity (Wildman–Crippen MR) is 145 cm³/mol. The van der Waals surface area contributed by atoms with Crippen LogP contribution in [0.4, 0.5) is 5.69 Å². The summed E-state index contributed by atoms with van der Waals surface area (Å²) in [6, 6.07) is 12.1. The van der Waals surface area contributed by atoms with E-state index in [0.29, 0.717) is 27.8 Å². The summed E-state index contributed by atoms with van der Waals surface area (Å²) in [7, 11) is -0.797. The molecule has 2 aromatic carbocycles. The van der Waals surface area contributed by atoms with E-state index in [1.807, 2.05) is 18.2 Å². The number of nitrogens with zero attached hydrogens (tertiary/aromatic N) is 2. The molecule has 0 atom stereocenters. The van der Waals surface area contributed by atoms with Gasteiger partial charge in [0.05, 0.1) is 19.1 Å². The van der Waals surface area contributed by atoms with Crippen LogP contribution in [0.25, 0.3) is 0 Å². The molecule has 3 aromatic rings. The normalized spacial score (nSPS) is 14.0. The van der Waals surface area contributed by atoms with Gasteiger partial charge < -0.3 is 19.1 Å². The van der Waals surface area contributed by atoms with E-state index in [4.69, 9.17) is 30.8 Å². The van der Waals surface area contributed by atoms with Gasteiger partial charge in [-0.3, -0.25) is 4.72 Å². The van der Waals surface area contributed by atoms with Crippen LogP contribution in [0.2, 0.25) is 5.02 Å². The van der Waals surface area contributed by atoms with Gasteiger partial charge in [0.15, 0.2) is 11.5 Å². The Hall–Kier alpha value is -3.01. The molecule has 10 heteroatoms. The van der Waals surface area contributed by atoms with Crippen molar-refractivity contribution in [2.45, 2.75) is 38.2 Å². The van der Waals surface area contributed by atoms with Gasteiger partial charge in [0.1, 0.15) is 12.3 Å². The molecule has 37 heavy (non-hydrogen) atoms. The van der Waals surface area contributed by atoms with Gasteiger partial charge in [0, 0.05) is 30.2 Å². The zero-order chi connectivity index (χ0) is 26.6. The number of hydrogen-bond donors (Lipinski definition) is 1. The molecule has 1 aromatic heterocycles. The molecule has 0 fully saturated rings. The van der Waals surface area contributed by atoms with Crippen molar-refractivity contribution < 1.29 is 22.6 Å². The maximum absolute atomic E-state index is 13.4. The first-order valence-corrected chi connectivity index (χ1v) is 14.0. The average molecular weight is 546 g/mol. The molecule has 0 unspecified atom stereocenters. The molecule has 0 amide bonds. The van der Waals surface area contributed by atoms with Crippen LogP contribution in [0.3, 0.4) is 0 Å². The highest BCUT2D eigenvalue weighted by Crippen LogP contribution is 2.33. The van der Waals surface area contributed by atoms with E-state index in [9.17, 15) is 8.42 Å². The summed E-state index contributed by atoms with van der Waals surface area (Å²) in [6.45, 7) is 6.70. The lowest BCUT2D eigenvalue weighted by molar-refractivity contribution is 0.291. The van der Waals surface area contributed by atoms with Gasteiger partial charge in [-0.15, -0.1) is 0 Å². The van der Waals surface area contributed by atoms with Crippen LogP contribution >= 0.6 is 11.6 Å². The molecule has 0 aliphatic carbocycles. The molecule has 8 nitrogen and oxygen atoms in total. The third-order valence-electron chi connectivity index (χ3n) is 6.54. The highest BCUT2D eigenvalue weighted by molar-refractivity contribution is 7.92. The number of halogens is 1. The topological polar surface area (TPSA) is 90.0 Å². The summed E-state index contributed by atoms with van der Waals surface area (Å²) in [5.74, 6) is 1.41. The second-order valence-electron chi connectivity index (χ2n) is 8.83. The number of anilines is 1. The maximum Gasteiger partial charge on any atom is 0.262 e. The van der Waals surface area contributed by atoms with E-state index < -0.39 is 10.0 Å². The molecule has 0 saturated carbocycles. The lowest BCUT2D eigenvalue weighted by Crippen LogP contribution is -2.25. The van der Waals surface area contributed by atoms with Crippen molar-refractivity contribution >= 4 is 27.3 Å². The minimum absolute atomic E-state index is 0.109. The van der Waals surface area contributed by atoms with Crippen LogP contribution in [-0.4, -0.2) is 52.2 Å². The first-order valence-electron chi connectivity index (χ1n) is 12.1. The van der Waals surface area contributed by atoms with Crippen molar-refractivity contribution in [3.63, 3.8) is 0 Å². The molecular formula is C27H32ClN3O5S. The third kappa shape index (κ3) is 6.11. The molecule has 4 rings (SSSR count). The van der Waals surface area contributed by atoms with Crippen LogP contribution in [0.1, 0.15) is 29.3 Å². The monoisotopic (exact) mass is 545 g/mol. The second-order valence-corrected chi connectivity index (χ2v) is 10.9. The quantitative estimate of drug-likeness (QED) is 0.410. The van der Waals surface area contributed by atoms with Crippen LogP contribution < -0.4 is 18.9 Å². The predicted octanol–water partition coefficient (Wildman–Crippen LogP) is 4.86. The fourth-order valence-electron chi connectivity index (χ4n) is 4.36. The van der Waals surface area contributed by atoms with Crippen molar-refractivity contribution in [2.75, 3.05) is 38.6 Å². The highest BCUT2D eigenvalue weighted by Gasteiger charge is 2.24. The smallest absolute Gasteiger partial charge is 0.262 e. The van der Waals surface area contributed by atoms with Gasteiger partial charge in [-0.1, -0.05) is 30.7 Å². The zero-order valence-electron chi connectivity index (χ0n) is 21.5. The SMILES string of the molecule is CCN1CCc2cc(NS(=O)(=O)c3cccc(Cl)c3C)c(OCc3ccc(OC)c(OC)c3)nc2CC1. The largest absolute Gasteiger partial charge is 0.493 e. The Morgan fingerprint density at radius 3 is 2.54 bits per heavy atom. The summed E-state index contributed by atoms with van der Waals surface area (Å²) >= 11 is 6.21. The Balaban J connectivity index is 1.69. The number of aromatic nitrogens is 1. The van der Waals surface area contributed by atoms with E-state index in [2.05, 4.69) is 16.5 Å². The summed E-state index contributed by atoms with van der Waals surface area (Å²) in [5, 5.41) is 0.382. The van der Waals surface area contributed by atoms with Crippen LogP contribution in [0, 0.1) is 6.92 Å². The van der Waals surface area contributed by atoms with Crippen molar-refractivity contribution in [2.24, 2.45) is 0 Å². The second kappa shape index (κ2) is 11.6. The van der Waals surface area contributed by atoms with Gasteiger partial charge in [-0.25, -0.2) is 13.4 Å². The number of hydrogen-bond acceptors (Lipinski definition) is 7. The van der Waals surface area contributed by atoms with Gasteiger partial charge in [-0.05, 0) is 66.9 Å². The molecule has 0 saturated heterocycles. The van der Waals surface area contributed by atoms with E-state index >= 15 is 0 Å². The third-order valence-corrected chi connectivity index (χ3v) is 8.46. The number of fused-ring (bicyclic) bond motifs is 1. The first kappa shape index (κ1) is 27.0. The van der Waals surface area contributed by atoms with Crippen LogP contribution in [0.5, 0.6) is 17.4 Å². The summed E-state index contributed by atoms with van der Waals surface area (Å²) in [4.78, 5) is 7.25. The standard InChI is InChI=1S/C27H32ClN3O5S/c1-5-31-13-11-20-16-23(30-37(32,33)26-8-6-7-21(28)18(26)2)27(29-22(20)12-14-31)36-17-19-9-10-24(34-3)25(15-19)35-4/h6-10,15-16,30H,5,11-14,17H2,1-4H3. The number of benzene rings is 2. The minimum Gasteiger partial charge on any atom is -0.493 e. The Kier molecular flexibility index (Phi) is 8.46. The number of pyridine rings is 1.